The van der Waals surface area contributed by atoms with Gasteiger partial charge in [-0.1, -0.05) is 41.9 Å². The molecule has 3 rings (SSSR count). The van der Waals surface area contributed by atoms with Crippen molar-refractivity contribution >= 4 is 55.7 Å². The number of hydrazone groups is 1. The number of carbonyl (C=O) groups excluding carboxylic acids is 1. The van der Waals surface area contributed by atoms with E-state index < -0.39 is 5.91 Å². The van der Waals surface area contributed by atoms with Crippen LogP contribution in [0, 0.1) is 11.3 Å². The number of fused-ring (bicyclic) bond motifs is 1. The molecule has 0 saturated heterocycles. The van der Waals surface area contributed by atoms with Crippen LogP contribution in [0.2, 0.25) is 0 Å². The van der Waals surface area contributed by atoms with Gasteiger partial charge in [-0.25, -0.2) is 0 Å². The van der Waals surface area contributed by atoms with E-state index in [1.807, 2.05) is 38.1 Å². The van der Waals surface area contributed by atoms with Crippen LogP contribution in [0.3, 0.4) is 0 Å². The third-order valence-corrected chi connectivity index (χ3v) is 4.88. The van der Waals surface area contributed by atoms with E-state index >= 15 is 0 Å². The van der Waals surface area contributed by atoms with E-state index in [1.165, 1.54) is 16.8 Å². The number of thioether (sulfide) groups is 1. The highest BCUT2D eigenvalue weighted by molar-refractivity contribution is 9.10. The highest BCUT2D eigenvalue weighted by atomic mass is 79.9. The average molecular weight is 377 g/mol. The molecule has 0 aliphatic carbocycles. The van der Waals surface area contributed by atoms with Crippen molar-refractivity contribution in [1.82, 2.24) is 5.01 Å². The molecule has 2 heterocycles. The first-order valence-electron chi connectivity index (χ1n) is 6.71. The molecule has 0 unspecified atom stereocenters. The van der Waals surface area contributed by atoms with Gasteiger partial charge in [-0.3, -0.25) is 10.2 Å². The highest BCUT2D eigenvalue weighted by Crippen LogP contribution is 2.30. The number of hydrogen-bond donors (Lipinski definition) is 1. The van der Waals surface area contributed by atoms with Crippen molar-refractivity contribution < 1.29 is 4.79 Å². The number of amidine groups is 2. The summed E-state index contributed by atoms with van der Waals surface area (Å²) in [5.41, 5.74) is 1.09. The first-order chi connectivity index (χ1) is 10.5. The first-order valence-corrected chi connectivity index (χ1v) is 8.32. The Balaban J connectivity index is 1.97. The number of benzene rings is 1. The highest BCUT2D eigenvalue weighted by Gasteiger charge is 2.36. The number of amides is 1. The Morgan fingerprint density at radius 2 is 2.00 bits per heavy atom. The maximum absolute atomic E-state index is 12.2. The lowest BCUT2D eigenvalue weighted by molar-refractivity contribution is -0.114. The van der Waals surface area contributed by atoms with Crippen LogP contribution < -0.4 is 0 Å². The van der Waals surface area contributed by atoms with Gasteiger partial charge in [0.25, 0.3) is 5.91 Å². The fourth-order valence-electron chi connectivity index (χ4n) is 1.97. The molecule has 0 saturated carbocycles. The predicted octanol–water partition coefficient (Wildman–Crippen LogP) is 3.72. The number of rotatable bonds is 2. The van der Waals surface area contributed by atoms with E-state index in [4.69, 9.17) is 5.41 Å². The van der Waals surface area contributed by atoms with Gasteiger partial charge in [0.2, 0.25) is 5.17 Å². The monoisotopic (exact) mass is 376 g/mol. The van der Waals surface area contributed by atoms with Gasteiger partial charge in [-0.15, -0.1) is 0 Å². The van der Waals surface area contributed by atoms with Crippen LogP contribution in [0.15, 0.2) is 44.4 Å². The quantitative estimate of drug-likeness (QED) is 0.799. The number of nitrogens with one attached hydrogen (secondary N) is 1. The summed E-state index contributed by atoms with van der Waals surface area (Å²) in [4.78, 5) is 16.3. The Morgan fingerprint density at radius 3 is 2.64 bits per heavy atom. The lowest BCUT2D eigenvalue weighted by atomic mass is 10.1. The Labute approximate surface area is 140 Å². The number of halogens is 1. The second kappa shape index (κ2) is 5.81. The molecule has 22 heavy (non-hydrogen) atoms. The van der Waals surface area contributed by atoms with Crippen molar-refractivity contribution in [1.29, 1.82) is 5.41 Å². The number of hydrogen-bond acceptors (Lipinski definition) is 4. The maximum Gasteiger partial charge on any atom is 0.283 e. The molecule has 0 fully saturated rings. The van der Waals surface area contributed by atoms with Crippen LogP contribution >= 0.6 is 27.7 Å². The summed E-state index contributed by atoms with van der Waals surface area (Å²) in [6, 6.07) is 7.52. The predicted molar refractivity (Wildman–Crippen MR) is 94.0 cm³/mol. The summed E-state index contributed by atoms with van der Waals surface area (Å²) in [5.74, 6) is -0.0898. The van der Waals surface area contributed by atoms with E-state index in [9.17, 15) is 4.79 Å². The summed E-state index contributed by atoms with van der Waals surface area (Å²) in [5, 5.41) is 15.4. The van der Waals surface area contributed by atoms with E-state index in [1.54, 1.807) is 6.08 Å². The zero-order valence-corrected chi connectivity index (χ0v) is 14.4. The van der Waals surface area contributed by atoms with Gasteiger partial charge < -0.3 is 0 Å². The molecule has 1 aromatic rings. The molecule has 0 atom stereocenters. The molecule has 0 spiro atoms. The van der Waals surface area contributed by atoms with Gasteiger partial charge >= 0.3 is 0 Å². The molecule has 2 aliphatic heterocycles. The summed E-state index contributed by atoms with van der Waals surface area (Å²) < 4.78 is 0.960. The first kappa shape index (κ1) is 15.2. The zero-order valence-electron chi connectivity index (χ0n) is 12.0. The number of aliphatic imine (C=N–C) groups is 1. The van der Waals surface area contributed by atoms with Crippen LogP contribution in [0.5, 0.6) is 0 Å². The van der Waals surface area contributed by atoms with Crippen LogP contribution in [0.1, 0.15) is 19.4 Å². The second-order valence-corrected chi connectivity index (χ2v) is 7.07. The van der Waals surface area contributed by atoms with Gasteiger partial charge in [0.05, 0.1) is 5.57 Å². The Kier molecular flexibility index (Phi) is 4.01. The smallest absolute Gasteiger partial charge is 0.282 e. The van der Waals surface area contributed by atoms with E-state index in [0.717, 1.165) is 15.1 Å². The van der Waals surface area contributed by atoms with E-state index in [-0.39, 0.29) is 17.3 Å². The van der Waals surface area contributed by atoms with Gasteiger partial charge in [-0.05, 0) is 35.5 Å². The van der Waals surface area contributed by atoms with E-state index in [2.05, 4.69) is 26.0 Å². The second-order valence-electron chi connectivity index (χ2n) is 5.16. The normalized spacial score (nSPS) is 19.6. The topological polar surface area (TPSA) is 68.9 Å². The third-order valence-electron chi connectivity index (χ3n) is 3.15. The van der Waals surface area contributed by atoms with Crippen molar-refractivity contribution in [2.45, 2.75) is 13.8 Å². The minimum Gasteiger partial charge on any atom is -0.282 e. The van der Waals surface area contributed by atoms with Gasteiger partial charge in [-0.2, -0.15) is 15.1 Å². The molecule has 1 amide bonds. The van der Waals surface area contributed by atoms with Gasteiger partial charge in [0.1, 0.15) is 5.04 Å². The third kappa shape index (κ3) is 2.78. The Bertz CT molecular complexity index is 749. The van der Waals surface area contributed by atoms with Crippen LogP contribution in [-0.2, 0) is 4.79 Å². The van der Waals surface area contributed by atoms with Gasteiger partial charge in [0.15, 0.2) is 5.84 Å². The zero-order chi connectivity index (χ0) is 15.9. The average Bonchev–Trinajstić information content (AvgIpc) is 2.90. The van der Waals surface area contributed by atoms with E-state index in [0.29, 0.717) is 5.17 Å². The fourth-order valence-corrected chi connectivity index (χ4v) is 3.12. The van der Waals surface area contributed by atoms with Crippen LogP contribution in [-0.4, -0.2) is 27.0 Å². The summed E-state index contributed by atoms with van der Waals surface area (Å²) in [6.07, 6.45) is 1.67. The SMILES string of the molecule is CC(C)C1=NN2C(=N)/C(=C\c3ccc(Br)cc3)C(=O)N=C2S1. The van der Waals surface area contributed by atoms with Crippen LogP contribution in [0.4, 0.5) is 0 Å². The molecular formula is C15H13BrN4OS. The Hall–Kier alpha value is -1.73. The van der Waals surface area contributed by atoms with Crippen molar-refractivity contribution in [2.75, 3.05) is 0 Å². The standard InChI is InChI=1S/C15H13BrN4OS/c1-8(2)14-19-20-12(17)11(13(21)18-15(20)22-14)7-9-3-5-10(16)6-4-9/h3-8,17H,1-2H3/b11-7+,17-12?. The summed E-state index contributed by atoms with van der Waals surface area (Å²) in [7, 11) is 0. The molecular weight excluding hydrogens is 364 g/mol. The Morgan fingerprint density at radius 1 is 1.32 bits per heavy atom. The molecule has 0 radical (unpaired) electrons. The lowest BCUT2D eigenvalue weighted by Gasteiger charge is -2.20. The summed E-state index contributed by atoms with van der Waals surface area (Å²) >= 11 is 4.72. The van der Waals surface area contributed by atoms with Crippen molar-refractivity contribution in [3.05, 3.63) is 39.9 Å². The number of nitrogens with zero attached hydrogens (tertiary/aromatic N) is 3. The minimum absolute atomic E-state index is 0.0704. The van der Waals surface area contributed by atoms with Crippen molar-refractivity contribution in [2.24, 2.45) is 16.0 Å². The molecule has 0 aromatic heterocycles. The molecule has 0 bridgehead atoms. The van der Waals surface area contributed by atoms with Crippen molar-refractivity contribution in [3.63, 3.8) is 0 Å². The molecule has 112 valence electrons. The molecule has 5 nitrogen and oxygen atoms in total. The minimum atomic E-state index is -0.396. The largest absolute Gasteiger partial charge is 0.283 e. The maximum atomic E-state index is 12.2. The van der Waals surface area contributed by atoms with Crippen LogP contribution in [0.25, 0.3) is 6.08 Å². The molecule has 1 N–H and O–H groups in total. The number of carbonyl (C=O) groups is 1. The molecule has 2 aliphatic rings. The van der Waals surface area contributed by atoms with Crippen molar-refractivity contribution in [3.8, 4) is 0 Å². The molecule has 1 aromatic carbocycles. The molecule has 7 heteroatoms. The van der Waals surface area contributed by atoms with Gasteiger partial charge in [0, 0.05) is 10.4 Å². The lowest BCUT2D eigenvalue weighted by Crippen LogP contribution is -2.35. The summed E-state index contributed by atoms with van der Waals surface area (Å²) in [6.45, 7) is 4.05. The fraction of sp³-hybridized carbons (Fsp3) is 0.200.